The van der Waals surface area contributed by atoms with Crippen LogP contribution in [0.3, 0.4) is 0 Å². The molecule has 1 saturated carbocycles. The second-order valence-corrected chi connectivity index (χ2v) is 6.36. The van der Waals surface area contributed by atoms with Gasteiger partial charge in [-0.05, 0) is 12.8 Å². The van der Waals surface area contributed by atoms with Crippen LogP contribution in [0.25, 0.3) is 0 Å². The average Bonchev–Trinajstić information content (AvgIpc) is 3.06. The van der Waals surface area contributed by atoms with Crippen molar-refractivity contribution in [3.8, 4) is 11.9 Å². The summed E-state index contributed by atoms with van der Waals surface area (Å²) in [5.41, 5.74) is 0. The van der Waals surface area contributed by atoms with Crippen LogP contribution < -0.4 is 9.64 Å². The van der Waals surface area contributed by atoms with Gasteiger partial charge in [-0.3, -0.25) is 9.58 Å². The molecule has 12 heteroatoms. The van der Waals surface area contributed by atoms with Gasteiger partial charge >= 0.3 is 6.09 Å². The molecule has 1 aliphatic carbocycles. The molecule has 0 bridgehead atoms. The van der Waals surface area contributed by atoms with Crippen LogP contribution in [-0.4, -0.2) is 47.9 Å². The molecule has 148 valence electrons. The summed E-state index contributed by atoms with van der Waals surface area (Å²) in [5, 5.41) is 22.8. The molecule has 2 aromatic rings. The van der Waals surface area contributed by atoms with E-state index in [2.05, 4.69) is 20.1 Å². The van der Waals surface area contributed by atoms with Crippen LogP contribution in [0.1, 0.15) is 37.3 Å². The number of halogens is 2. The number of aromatic nitrogens is 5. The number of alkyl halides is 2. The molecule has 1 aliphatic rings. The van der Waals surface area contributed by atoms with Crippen molar-refractivity contribution >= 4 is 11.9 Å². The van der Waals surface area contributed by atoms with Crippen molar-refractivity contribution in [1.82, 2.24) is 24.7 Å². The molecule has 0 spiro atoms. The van der Waals surface area contributed by atoms with Gasteiger partial charge in [0.15, 0.2) is 12.4 Å². The van der Waals surface area contributed by atoms with Crippen LogP contribution in [0, 0.1) is 11.3 Å². The highest BCUT2D eigenvalue weighted by molar-refractivity contribution is 5.85. The van der Waals surface area contributed by atoms with Crippen molar-refractivity contribution in [3.63, 3.8) is 0 Å². The molecule has 0 radical (unpaired) electrons. The standard InChI is InChI=1S/C16H17F2N7O3/c1-24-9-20-12(23-24)8-28-14-6-13(21-11(7-19)22-14)25(15(26)27)10-2-4-16(17,18)5-3-10/h6,9-10H,2-5,8H2,1H3,(H,26,27). The lowest BCUT2D eigenvalue weighted by Crippen LogP contribution is -2.44. The first-order valence-corrected chi connectivity index (χ1v) is 8.44. The number of nitriles is 1. The Morgan fingerprint density at radius 3 is 2.75 bits per heavy atom. The van der Waals surface area contributed by atoms with E-state index in [9.17, 15) is 18.7 Å². The van der Waals surface area contributed by atoms with E-state index in [-0.39, 0.29) is 37.0 Å². The maximum atomic E-state index is 13.4. The van der Waals surface area contributed by atoms with Crippen LogP contribution in [0.15, 0.2) is 12.4 Å². The number of amides is 1. The third kappa shape index (κ3) is 4.48. The highest BCUT2D eigenvalue weighted by Gasteiger charge is 2.39. The van der Waals surface area contributed by atoms with Crippen molar-refractivity contribution in [2.75, 3.05) is 4.90 Å². The van der Waals surface area contributed by atoms with E-state index in [1.54, 1.807) is 13.1 Å². The fraction of sp³-hybridized carbons (Fsp3) is 0.500. The largest absolute Gasteiger partial charge is 0.469 e. The number of hydrogen-bond donors (Lipinski definition) is 1. The number of anilines is 1. The first-order valence-electron chi connectivity index (χ1n) is 8.44. The lowest BCUT2D eigenvalue weighted by atomic mass is 9.91. The van der Waals surface area contributed by atoms with Crippen LogP contribution in [0.2, 0.25) is 0 Å². The Kier molecular flexibility index (Phi) is 5.34. The van der Waals surface area contributed by atoms with E-state index < -0.39 is 30.9 Å². The Labute approximate surface area is 158 Å². The molecular formula is C16H17F2N7O3. The van der Waals surface area contributed by atoms with Gasteiger partial charge < -0.3 is 9.84 Å². The molecule has 0 aliphatic heterocycles. The van der Waals surface area contributed by atoms with Gasteiger partial charge in [0.2, 0.25) is 17.6 Å². The zero-order valence-corrected chi connectivity index (χ0v) is 14.9. The number of rotatable bonds is 5. The normalized spacial score (nSPS) is 16.4. The van der Waals surface area contributed by atoms with Crippen molar-refractivity contribution in [2.24, 2.45) is 7.05 Å². The van der Waals surface area contributed by atoms with Gasteiger partial charge in [0, 0.05) is 32.0 Å². The third-order valence-electron chi connectivity index (χ3n) is 4.29. The number of nitrogens with zero attached hydrogens (tertiary/aromatic N) is 7. The minimum atomic E-state index is -2.80. The second-order valence-electron chi connectivity index (χ2n) is 6.36. The molecule has 3 rings (SSSR count). The molecule has 2 aromatic heterocycles. The topological polar surface area (TPSA) is 130 Å². The fourth-order valence-corrected chi connectivity index (χ4v) is 2.97. The Hall–Kier alpha value is -3.36. The first-order chi connectivity index (χ1) is 13.3. The van der Waals surface area contributed by atoms with E-state index in [0.29, 0.717) is 5.82 Å². The predicted molar refractivity (Wildman–Crippen MR) is 89.8 cm³/mol. The average molecular weight is 393 g/mol. The summed E-state index contributed by atoms with van der Waals surface area (Å²) in [7, 11) is 1.69. The van der Waals surface area contributed by atoms with E-state index in [0.717, 1.165) is 4.90 Å². The number of hydrogen-bond acceptors (Lipinski definition) is 7. The van der Waals surface area contributed by atoms with Crippen LogP contribution in [-0.2, 0) is 13.7 Å². The summed E-state index contributed by atoms with van der Waals surface area (Å²) < 4.78 is 33.8. The van der Waals surface area contributed by atoms with Gasteiger partial charge in [0.05, 0.1) is 0 Å². The Morgan fingerprint density at radius 2 is 2.18 bits per heavy atom. The van der Waals surface area contributed by atoms with Gasteiger partial charge in [-0.2, -0.15) is 15.3 Å². The molecule has 0 saturated heterocycles. The molecular weight excluding hydrogens is 376 g/mol. The lowest BCUT2D eigenvalue weighted by Gasteiger charge is -2.34. The molecule has 0 atom stereocenters. The fourth-order valence-electron chi connectivity index (χ4n) is 2.97. The van der Waals surface area contributed by atoms with Gasteiger partial charge in [-0.25, -0.2) is 23.5 Å². The molecule has 0 unspecified atom stereocenters. The molecule has 1 fully saturated rings. The predicted octanol–water partition coefficient (Wildman–Crippen LogP) is 2.12. The van der Waals surface area contributed by atoms with Gasteiger partial charge in [0.25, 0.3) is 0 Å². The second kappa shape index (κ2) is 7.71. The molecule has 2 heterocycles. The summed E-state index contributed by atoms with van der Waals surface area (Å²) in [6.45, 7) is -0.0507. The Balaban J connectivity index is 1.83. The van der Waals surface area contributed by atoms with E-state index in [1.807, 2.05) is 0 Å². The van der Waals surface area contributed by atoms with Crippen LogP contribution >= 0.6 is 0 Å². The Morgan fingerprint density at radius 1 is 1.46 bits per heavy atom. The zero-order chi connectivity index (χ0) is 20.3. The highest BCUT2D eigenvalue weighted by atomic mass is 19.3. The number of ether oxygens (including phenoxy) is 1. The maximum Gasteiger partial charge on any atom is 0.413 e. The number of carboxylic acid groups (broad SMARTS) is 1. The minimum Gasteiger partial charge on any atom is -0.469 e. The molecule has 10 nitrogen and oxygen atoms in total. The summed E-state index contributed by atoms with van der Waals surface area (Å²) in [5.74, 6) is -2.87. The summed E-state index contributed by atoms with van der Waals surface area (Å²) in [6.07, 6.45) is -0.720. The van der Waals surface area contributed by atoms with Gasteiger partial charge in [-0.15, -0.1) is 0 Å². The molecule has 1 N–H and O–H groups in total. The van der Waals surface area contributed by atoms with E-state index in [4.69, 9.17) is 10.00 Å². The quantitative estimate of drug-likeness (QED) is 0.817. The minimum absolute atomic E-state index is 0.0146. The summed E-state index contributed by atoms with van der Waals surface area (Å²) in [6, 6.07) is 2.32. The zero-order valence-electron chi connectivity index (χ0n) is 14.9. The monoisotopic (exact) mass is 393 g/mol. The number of aryl methyl sites for hydroxylation is 1. The summed E-state index contributed by atoms with van der Waals surface area (Å²) in [4.78, 5) is 24.5. The Bertz CT molecular complexity index is 902. The lowest BCUT2D eigenvalue weighted by molar-refractivity contribution is -0.0379. The van der Waals surface area contributed by atoms with Crippen molar-refractivity contribution in [2.45, 2.75) is 44.3 Å². The molecule has 28 heavy (non-hydrogen) atoms. The summed E-state index contributed by atoms with van der Waals surface area (Å²) >= 11 is 0. The SMILES string of the molecule is Cn1cnc(COc2cc(N(C(=O)O)C3CCC(F)(F)CC3)nc(C#N)n2)n1. The molecule has 1 amide bonds. The van der Waals surface area contributed by atoms with Crippen molar-refractivity contribution < 1.29 is 23.4 Å². The van der Waals surface area contributed by atoms with Gasteiger partial charge in [-0.1, -0.05) is 0 Å². The van der Waals surface area contributed by atoms with Crippen LogP contribution in [0.4, 0.5) is 19.4 Å². The highest BCUT2D eigenvalue weighted by Crippen LogP contribution is 2.36. The number of carbonyl (C=O) groups is 1. The van der Waals surface area contributed by atoms with Crippen LogP contribution in [0.5, 0.6) is 5.88 Å². The first kappa shape index (κ1) is 19.4. The van der Waals surface area contributed by atoms with E-state index >= 15 is 0 Å². The van der Waals surface area contributed by atoms with Crippen molar-refractivity contribution in [1.29, 1.82) is 5.26 Å². The molecule has 0 aromatic carbocycles. The third-order valence-corrected chi connectivity index (χ3v) is 4.29. The van der Waals surface area contributed by atoms with Crippen molar-refractivity contribution in [3.05, 3.63) is 24.0 Å². The van der Waals surface area contributed by atoms with E-state index in [1.165, 1.54) is 17.1 Å². The van der Waals surface area contributed by atoms with Gasteiger partial charge in [0.1, 0.15) is 18.2 Å². The smallest absolute Gasteiger partial charge is 0.413 e. The maximum absolute atomic E-state index is 13.4.